The van der Waals surface area contributed by atoms with Gasteiger partial charge in [0.1, 0.15) is 6.10 Å². The first kappa shape index (κ1) is 15.5. The van der Waals surface area contributed by atoms with Crippen LogP contribution in [0.4, 0.5) is 0 Å². The Labute approximate surface area is 125 Å². The van der Waals surface area contributed by atoms with Crippen LogP contribution in [-0.2, 0) is 14.3 Å². The molecule has 114 valence electrons. The molecule has 2 aliphatic heterocycles. The molecular weight excluding hydrogens is 278 g/mol. The molecule has 2 heterocycles. The molecule has 0 saturated carbocycles. The van der Waals surface area contributed by atoms with Crippen LogP contribution in [0.1, 0.15) is 12.8 Å². The first-order valence-electron chi connectivity index (χ1n) is 7.14. The fourth-order valence-corrected chi connectivity index (χ4v) is 2.76. The van der Waals surface area contributed by atoms with Gasteiger partial charge in [-0.3, -0.25) is 4.79 Å². The summed E-state index contributed by atoms with van der Waals surface area (Å²) in [6.07, 6.45) is 1.63. The van der Waals surface area contributed by atoms with E-state index >= 15 is 0 Å². The standard InChI is InChI=1S/C13H23N3O3S/c1-18-10-4-14-13(20)16-7-5-15(6-8-16)12(17)11-3-2-9-19-11/h11H,2-10H2,1H3,(H,14,20). The highest BCUT2D eigenvalue weighted by Gasteiger charge is 2.30. The van der Waals surface area contributed by atoms with Crippen molar-refractivity contribution in [1.82, 2.24) is 15.1 Å². The molecule has 0 aliphatic carbocycles. The van der Waals surface area contributed by atoms with E-state index in [0.29, 0.717) is 32.8 Å². The van der Waals surface area contributed by atoms with Crippen molar-refractivity contribution in [3.63, 3.8) is 0 Å². The fourth-order valence-electron chi connectivity index (χ4n) is 2.48. The zero-order valence-electron chi connectivity index (χ0n) is 12.0. The molecule has 0 spiro atoms. The Morgan fingerprint density at radius 1 is 1.35 bits per heavy atom. The summed E-state index contributed by atoms with van der Waals surface area (Å²) < 4.78 is 10.4. The van der Waals surface area contributed by atoms with Crippen LogP contribution in [0.15, 0.2) is 0 Å². The van der Waals surface area contributed by atoms with Crippen molar-refractivity contribution in [1.29, 1.82) is 0 Å². The Morgan fingerprint density at radius 2 is 2.05 bits per heavy atom. The normalized spacial score (nSPS) is 22.9. The van der Waals surface area contributed by atoms with Crippen LogP contribution in [0.3, 0.4) is 0 Å². The van der Waals surface area contributed by atoms with E-state index in [-0.39, 0.29) is 12.0 Å². The van der Waals surface area contributed by atoms with Crippen molar-refractivity contribution < 1.29 is 14.3 Å². The maximum absolute atomic E-state index is 12.2. The first-order chi connectivity index (χ1) is 9.72. The van der Waals surface area contributed by atoms with Crippen molar-refractivity contribution in [3.8, 4) is 0 Å². The number of nitrogens with zero attached hydrogens (tertiary/aromatic N) is 2. The average molecular weight is 301 g/mol. The van der Waals surface area contributed by atoms with Gasteiger partial charge >= 0.3 is 0 Å². The smallest absolute Gasteiger partial charge is 0.251 e. The van der Waals surface area contributed by atoms with E-state index in [1.54, 1.807) is 7.11 Å². The minimum Gasteiger partial charge on any atom is -0.383 e. The highest BCUT2D eigenvalue weighted by molar-refractivity contribution is 7.80. The van der Waals surface area contributed by atoms with Gasteiger partial charge in [0.05, 0.1) is 6.61 Å². The SMILES string of the molecule is COCCNC(=S)N1CCN(C(=O)C2CCCO2)CC1. The number of ether oxygens (including phenoxy) is 2. The third-order valence-corrected chi connectivity index (χ3v) is 4.07. The molecule has 7 heteroatoms. The van der Waals surface area contributed by atoms with Crippen molar-refractivity contribution >= 4 is 23.2 Å². The molecule has 0 aromatic carbocycles. The molecule has 6 nitrogen and oxygen atoms in total. The van der Waals surface area contributed by atoms with Crippen molar-refractivity contribution in [2.75, 3.05) is 53.0 Å². The minimum atomic E-state index is -0.215. The van der Waals surface area contributed by atoms with Crippen LogP contribution in [0, 0.1) is 0 Å². The van der Waals surface area contributed by atoms with Crippen LogP contribution in [0.25, 0.3) is 0 Å². The number of hydrogen-bond acceptors (Lipinski definition) is 4. The number of amides is 1. The lowest BCUT2D eigenvalue weighted by Crippen LogP contribution is -2.55. The van der Waals surface area contributed by atoms with Gasteiger partial charge in [-0.2, -0.15) is 0 Å². The number of carbonyl (C=O) groups excluding carboxylic acids is 1. The highest BCUT2D eigenvalue weighted by atomic mass is 32.1. The summed E-state index contributed by atoms with van der Waals surface area (Å²) in [5.74, 6) is 0.139. The molecule has 0 aromatic rings. The molecule has 2 aliphatic rings. The van der Waals surface area contributed by atoms with Gasteiger partial charge in [-0.1, -0.05) is 0 Å². The van der Waals surface area contributed by atoms with E-state index in [9.17, 15) is 4.79 Å². The predicted molar refractivity (Wildman–Crippen MR) is 79.6 cm³/mol. The molecule has 2 saturated heterocycles. The van der Waals surface area contributed by atoms with Gasteiger partial charge in [-0.05, 0) is 25.1 Å². The molecule has 20 heavy (non-hydrogen) atoms. The summed E-state index contributed by atoms with van der Waals surface area (Å²) in [6.45, 7) is 5.04. The van der Waals surface area contributed by atoms with E-state index in [1.807, 2.05) is 4.90 Å². The van der Waals surface area contributed by atoms with Gasteiger partial charge in [0.2, 0.25) is 0 Å². The maximum Gasteiger partial charge on any atom is 0.251 e. The molecule has 1 N–H and O–H groups in total. The van der Waals surface area contributed by atoms with Crippen LogP contribution in [-0.4, -0.2) is 80.0 Å². The third-order valence-electron chi connectivity index (χ3n) is 3.67. The van der Waals surface area contributed by atoms with Crippen LogP contribution >= 0.6 is 12.2 Å². The molecule has 2 fully saturated rings. The van der Waals surface area contributed by atoms with E-state index in [4.69, 9.17) is 21.7 Å². The second kappa shape index (κ2) is 7.75. The molecule has 0 radical (unpaired) electrons. The summed E-state index contributed by atoms with van der Waals surface area (Å²) in [5, 5.41) is 3.90. The number of carbonyl (C=O) groups is 1. The van der Waals surface area contributed by atoms with Crippen molar-refractivity contribution in [2.24, 2.45) is 0 Å². The van der Waals surface area contributed by atoms with Crippen LogP contribution in [0.5, 0.6) is 0 Å². The second-order valence-corrected chi connectivity index (χ2v) is 5.43. The van der Waals surface area contributed by atoms with E-state index in [2.05, 4.69) is 10.2 Å². The third kappa shape index (κ3) is 4.04. The average Bonchev–Trinajstić information content (AvgIpc) is 3.01. The molecule has 1 atom stereocenters. The molecule has 0 bridgehead atoms. The Kier molecular flexibility index (Phi) is 6.00. The Balaban J connectivity index is 1.71. The zero-order valence-corrected chi connectivity index (χ0v) is 12.8. The number of thiocarbonyl (C=S) groups is 1. The predicted octanol–water partition coefficient (Wildman–Crippen LogP) is -0.169. The Hall–Kier alpha value is -0.920. The fraction of sp³-hybridized carbons (Fsp3) is 0.846. The number of rotatable bonds is 4. The lowest BCUT2D eigenvalue weighted by Gasteiger charge is -2.37. The number of methoxy groups -OCH3 is 1. The lowest BCUT2D eigenvalue weighted by molar-refractivity contribution is -0.142. The van der Waals surface area contributed by atoms with Gasteiger partial charge in [-0.25, -0.2) is 0 Å². The van der Waals surface area contributed by atoms with Gasteiger partial charge in [0.15, 0.2) is 5.11 Å². The van der Waals surface area contributed by atoms with Crippen molar-refractivity contribution in [3.05, 3.63) is 0 Å². The lowest BCUT2D eigenvalue weighted by atomic mass is 10.2. The molecule has 2 rings (SSSR count). The van der Waals surface area contributed by atoms with Crippen molar-refractivity contribution in [2.45, 2.75) is 18.9 Å². The zero-order chi connectivity index (χ0) is 14.4. The topological polar surface area (TPSA) is 54.0 Å². The molecule has 1 amide bonds. The summed E-state index contributed by atoms with van der Waals surface area (Å²) >= 11 is 5.33. The van der Waals surface area contributed by atoms with E-state index < -0.39 is 0 Å². The number of hydrogen-bond donors (Lipinski definition) is 1. The number of nitrogens with one attached hydrogen (secondary N) is 1. The quantitative estimate of drug-likeness (QED) is 0.575. The second-order valence-electron chi connectivity index (χ2n) is 5.04. The first-order valence-corrected chi connectivity index (χ1v) is 7.55. The summed E-state index contributed by atoms with van der Waals surface area (Å²) in [5.41, 5.74) is 0. The molecule has 1 unspecified atom stereocenters. The maximum atomic E-state index is 12.2. The summed E-state index contributed by atoms with van der Waals surface area (Å²) in [4.78, 5) is 16.2. The van der Waals surface area contributed by atoms with Crippen LogP contribution < -0.4 is 5.32 Å². The van der Waals surface area contributed by atoms with Gasteiger partial charge in [-0.15, -0.1) is 0 Å². The number of piperazine rings is 1. The summed E-state index contributed by atoms with van der Waals surface area (Å²) in [6, 6.07) is 0. The highest BCUT2D eigenvalue weighted by Crippen LogP contribution is 2.15. The van der Waals surface area contributed by atoms with E-state index in [1.165, 1.54) is 0 Å². The molecule has 0 aromatic heterocycles. The molecular formula is C13H23N3O3S. The minimum absolute atomic E-state index is 0.139. The summed E-state index contributed by atoms with van der Waals surface area (Å²) in [7, 11) is 1.67. The van der Waals surface area contributed by atoms with Gasteiger partial charge in [0.25, 0.3) is 5.91 Å². The largest absolute Gasteiger partial charge is 0.383 e. The Bertz CT molecular complexity index is 340. The van der Waals surface area contributed by atoms with E-state index in [0.717, 1.165) is 31.0 Å². The van der Waals surface area contributed by atoms with Gasteiger partial charge < -0.3 is 24.6 Å². The Morgan fingerprint density at radius 3 is 2.65 bits per heavy atom. The monoisotopic (exact) mass is 301 g/mol. The van der Waals surface area contributed by atoms with Gasteiger partial charge in [0, 0.05) is 46.4 Å². The van der Waals surface area contributed by atoms with Crippen LogP contribution in [0.2, 0.25) is 0 Å².